The van der Waals surface area contributed by atoms with E-state index < -0.39 is 0 Å². The van der Waals surface area contributed by atoms with Crippen LogP contribution in [0.3, 0.4) is 0 Å². The molecular weight excluding hydrogens is 306 g/mol. The van der Waals surface area contributed by atoms with Crippen LogP contribution in [0.25, 0.3) is 0 Å². The van der Waals surface area contributed by atoms with Crippen LogP contribution in [0.1, 0.15) is 36.7 Å². The molecule has 1 N–H and O–H groups in total. The Hall–Kier alpha value is -2.21. The molecule has 6 nitrogen and oxygen atoms in total. The van der Waals surface area contributed by atoms with E-state index in [-0.39, 0.29) is 6.04 Å². The minimum Gasteiger partial charge on any atom is -0.493 e. The number of nitrogens with one attached hydrogen (secondary N) is 1. The highest BCUT2D eigenvalue weighted by atomic mass is 16.5. The molecule has 2 rings (SSSR count). The van der Waals surface area contributed by atoms with Gasteiger partial charge in [0.2, 0.25) is 5.75 Å². The molecule has 1 aromatic carbocycles. The van der Waals surface area contributed by atoms with Crippen LogP contribution in [0, 0.1) is 6.92 Å². The lowest BCUT2D eigenvalue weighted by atomic mass is 10.1. The van der Waals surface area contributed by atoms with E-state index in [1.54, 1.807) is 21.3 Å². The molecule has 0 aliphatic carbocycles. The molecule has 132 valence electrons. The highest BCUT2D eigenvalue weighted by molar-refractivity contribution is 5.53. The van der Waals surface area contributed by atoms with E-state index in [1.165, 1.54) is 11.3 Å². The molecule has 0 bridgehead atoms. The zero-order valence-electron chi connectivity index (χ0n) is 15.3. The topological polar surface area (TPSA) is 57.5 Å². The normalized spacial score (nSPS) is 12.1. The minimum atomic E-state index is 0.199. The van der Waals surface area contributed by atoms with Gasteiger partial charge in [-0.2, -0.15) is 5.10 Å². The molecule has 0 saturated heterocycles. The summed E-state index contributed by atoms with van der Waals surface area (Å²) in [7, 11) is 4.85. The Kier molecular flexibility index (Phi) is 6.09. The second kappa shape index (κ2) is 8.06. The van der Waals surface area contributed by atoms with Crippen molar-refractivity contribution in [1.82, 2.24) is 15.1 Å². The molecule has 0 aliphatic rings. The van der Waals surface area contributed by atoms with Crippen LogP contribution in [-0.4, -0.2) is 31.1 Å². The second-order valence-corrected chi connectivity index (χ2v) is 5.64. The predicted molar refractivity (Wildman–Crippen MR) is 94.0 cm³/mol. The molecule has 0 aliphatic heterocycles. The number of aryl methyl sites for hydroxylation is 1. The second-order valence-electron chi connectivity index (χ2n) is 5.64. The van der Waals surface area contributed by atoms with Crippen molar-refractivity contribution >= 4 is 0 Å². The molecule has 0 fully saturated rings. The Morgan fingerprint density at radius 2 is 1.75 bits per heavy atom. The monoisotopic (exact) mass is 333 g/mol. The first-order chi connectivity index (χ1) is 11.5. The molecular formula is C18H27N3O3. The largest absolute Gasteiger partial charge is 0.493 e. The van der Waals surface area contributed by atoms with Crippen molar-refractivity contribution in [2.24, 2.45) is 0 Å². The molecule has 1 heterocycles. The number of hydrogen-bond donors (Lipinski definition) is 1. The van der Waals surface area contributed by atoms with Crippen molar-refractivity contribution in [2.75, 3.05) is 21.3 Å². The van der Waals surface area contributed by atoms with Gasteiger partial charge in [-0.1, -0.05) is 0 Å². The SMILES string of the molecule is CCn1ncc(C(C)NCc2cc(OC)c(OC)c(OC)c2)c1C. The maximum absolute atomic E-state index is 5.40. The molecule has 0 amide bonds. The van der Waals surface area contributed by atoms with E-state index in [0.717, 1.165) is 12.1 Å². The summed E-state index contributed by atoms with van der Waals surface area (Å²) >= 11 is 0. The summed E-state index contributed by atoms with van der Waals surface area (Å²) in [6.45, 7) is 7.91. The lowest BCUT2D eigenvalue weighted by Crippen LogP contribution is -2.19. The molecule has 0 saturated carbocycles. The number of ether oxygens (including phenoxy) is 3. The van der Waals surface area contributed by atoms with Crippen molar-refractivity contribution in [1.29, 1.82) is 0 Å². The fourth-order valence-corrected chi connectivity index (χ4v) is 2.82. The number of hydrogen-bond acceptors (Lipinski definition) is 5. The summed E-state index contributed by atoms with van der Waals surface area (Å²) < 4.78 is 18.2. The average molecular weight is 333 g/mol. The van der Waals surface area contributed by atoms with Gasteiger partial charge in [-0.15, -0.1) is 0 Å². The van der Waals surface area contributed by atoms with E-state index in [9.17, 15) is 0 Å². The number of methoxy groups -OCH3 is 3. The van der Waals surface area contributed by atoms with E-state index in [2.05, 4.69) is 31.2 Å². The van der Waals surface area contributed by atoms with Gasteiger partial charge in [0.25, 0.3) is 0 Å². The van der Waals surface area contributed by atoms with Crippen LogP contribution in [0.2, 0.25) is 0 Å². The third-order valence-corrected chi connectivity index (χ3v) is 4.24. The van der Waals surface area contributed by atoms with Gasteiger partial charge in [0.1, 0.15) is 0 Å². The van der Waals surface area contributed by atoms with E-state index >= 15 is 0 Å². The van der Waals surface area contributed by atoms with Gasteiger partial charge < -0.3 is 19.5 Å². The van der Waals surface area contributed by atoms with E-state index in [1.807, 2.05) is 23.0 Å². The van der Waals surface area contributed by atoms with Gasteiger partial charge in [-0.3, -0.25) is 4.68 Å². The third kappa shape index (κ3) is 3.64. The lowest BCUT2D eigenvalue weighted by molar-refractivity contribution is 0.323. The van der Waals surface area contributed by atoms with Crippen LogP contribution >= 0.6 is 0 Å². The first-order valence-electron chi connectivity index (χ1n) is 8.10. The maximum atomic E-state index is 5.40. The molecule has 0 spiro atoms. The minimum absolute atomic E-state index is 0.199. The smallest absolute Gasteiger partial charge is 0.203 e. The van der Waals surface area contributed by atoms with Gasteiger partial charge in [0, 0.05) is 30.4 Å². The molecule has 24 heavy (non-hydrogen) atoms. The maximum Gasteiger partial charge on any atom is 0.203 e. The molecule has 1 atom stereocenters. The van der Waals surface area contributed by atoms with Gasteiger partial charge in [0.15, 0.2) is 11.5 Å². The Balaban J connectivity index is 2.14. The Morgan fingerprint density at radius 1 is 1.12 bits per heavy atom. The van der Waals surface area contributed by atoms with E-state index in [0.29, 0.717) is 23.8 Å². The summed E-state index contributed by atoms with van der Waals surface area (Å²) in [5.41, 5.74) is 3.48. The van der Waals surface area contributed by atoms with Crippen molar-refractivity contribution in [3.05, 3.63) is 35.2 Å². The van der Waals surface area contributed by atoms with Crippen LogP contribution in [0.4, 0.5) is 0 Å². The van der Waals surface area contributed by atoms with Gasteiger partial charge in [-0.05, 0) is 38.5 Å². The Labute approximate surface area is 143 Å². The summed E-state index contributed by atoms with van der Waals surface area (Å²) in [6, 6.07) is 4.12. The lowest BCUT2D eigenvalue weighted by Gasteiger charge is -2.17. The highest BCUT2D eigenvalue weighted by Gasteiger charge is 2.15. The molecule has 1 aromatic heterocycles. The van der Waals surface area contributed by atoms with Crippen LogP contribution in [0.5, 0.6) is 17.2 Å². The van der Waals surface area contributed by atoms with Crippen molar-refractivity contribution < 1.29 is 14.2 Å². The van der Waals surface area contributed by atoms with Gasteiger partial charge in [-0.25, -0.2) is 0 Å². The molecule has 2 aromatic rings. The van der Waals surface area contributed by atoms with Gasteiger partial charge in [0.05, 0.1) is 27.5 Å². The summed E-state index contributed by atoms with van der Waals surface area (Å²) in [5.74, 6) is 1.93. The third-order valence-electron chi connectivity index (χ3n) is 4.24. The van der Waals surface area contributed by atoms with Crippen molar-refractivity contribution in [3.63, 3.8) is 0 Å². The Bertz CT molecular complexity index is 657. The zero-order chi connectivity index (χ0) is 17.7. The summed E-state index contributed by atoms with van der Waals surface area (Å²) in [4.78, 5) is 0. The summed E-state index contributed by atoms with van der Waals surface area (Å²) in [6.07, 6.45) is 1.94. The van der Waals surface area contributed by atoms with Crippen molar-refractivity contribution in [3.8, 4) is 17.2 Å². The number of nitrogens with zero attached hydrogens (tertiary/aromatic N) is 2. The first-order valence-corrected chi connectivity index (χ1v) is 8.10. The molecule has 6 heteroatoms. The fourth-order valence-electron chi connectivity index (χ4n) is 2.82. The summed E-state index contributed by atoms with van der Waals surface area (Å²) in [5, 5.41) is 7.94. The quantitative estimate of drug-likeness (QED) is 0.804. The fraction of sp³-hybridized carbons (Fsp3) is 0.500. The number of rotatable bonds is 8. The van der Waals surface area contributed by atoms with Crippen LogP contribution in [0.15, 0.2) is 18.3 Å². The standard InChI is InChI=1S/C18H27N3O3/c1-7-21-13(3)15(11-20-21)12(2)19-10-14-8-16(22-4)18(24-6)17(9-14)23-5/h8-9,11-12,19H,7,10H2,1-6H3. The predicted octanol–water partition coefficient (Wildman–Crippen LogP) is 3.09. The van der Waals surface area contributed by atoms with Crippen molar-refractivity contribution in [2.45, 2.75) is 39.9 Å². The molecule has 0 radical (unpaired) electrons. The van der Waals surface area contributed by atoms with Crippen LogP contribution < -0.4 is 19.5 Å². The van der Waals surface area contributed by atoms with Gasteiger partial charge >= 0.3 is 0 Å². The highest BCUT2D eigenvalue weighted by Crippen LogP contribution is 2.38. The number of benzene rings is 1. The average Bonchev–Trinajstić information content (AvgIpc) is 2.99. The first kappa shape index (κ1) is 18.1. The van der Waals surface area contributed by atoms with Crippen LogP contribution in [-0.2, 0) is 13.1 Å². The zero-order valence-corrected chi connectivity index (χ0v) is 15.3. The molecule has 1 unspecified atom stereocenters. The Morgan fingerprint density at radius 3 is 2.21 bits per heavy atom. The van der Waals surface area contributed by atoms with E-state index in [4.69, 9.17) is 14.2 Å². The number of aromatic nitrogens is 2.